The monoisotopic (exact) mass is 235 g/mol. The molecule has 2 N–H and O–H groups in total. The molecule has 0 aromatic carbocycles. The fourth-order valence-corrected chi connectivity index (χ4v) is 2.51. The zero-order valence-electron chi connectivity index (χ0n) is 10.6. The number of hydrogen-bond acceptors (Lipinski definition) is 4. The number of aromatic nitrogens is 2. The number of nitrogens with two attached hydrogens (primary N) is 1. The third-order valence-electron chi connectivity index (χ3n) is 3.58. The van der Waals surface area contributed by atoms with Gasteiger partial charge in [0, 0.05) is 6.61 Å². The van der Waals surface area contributed by atoms with E-state index in [1.54, 1.807) is 12.4 Å². The second-order valence-electron chi connectivity index (χ2n) is 4.95. The minimum absolute atomic E-state index is 0.283. The molecule has 1 fully saturated rings. The molecular weight excluding hydrogens is 214 g/mol. The Hall–Kier alpha value is -1.16. The molecule has 4 heteroatoms. The van der Waals surface area contributed by atoms with Crippen LogP contribution in [-0.2, 0) is 10.3 Å². The second kappa shape index (κ2) is 5.00. The lowest BCUT2D eigenvalue weighted by molar-refractivity contribution is -0.0837. The molecule has 94 valence electrons. The lowest BCUT2D eigenvalue weighted by Gasteiger charge is -2.37. The maximum absolute atomic E-state index is 5.98. The molecule has 0 radical (unpaired) electrons. The summed E-state index contributed by atoms with van der Waals surface area (Å²) in [5, 5.41) is 0. The summed E-state index contributed by atoms with van der Waals surface area (Å²) in [6.07, 6.45) is 7.70. The molecule has 1 aromatic rings. The van der Waals surface area contributed by atoms with Crippen molar-refractivity contribution in [1.29, 1.82) is 0 Å². The van der Waals surface area contributed by atoms with E-state index in [4.69, 9.17) is 10.5 Å². The Kier molecular flexibility index (Phi) is 3.62. The second-order valence-corrected chi connectivity index (χ2v) is 4.95. The summed E-state index contributed by atoms with van der Waals surface area (Å²) >= 11 is 0. The molecule has 0 saturated heterocycles. The minimum atomic E-state index is -0.283. The van der Waals surface area contributed by atoms with Gasteiger partial charge in [-0.2, -0.15) is 0 Å². The number of ether oxygens (including phenoxy) is 1. The molecule has 4 nitrogen and oxygen atoms in total. The first-order chi connectivity index (χ1) is 8.16. The minimum Gasteiger partial charge on any atom is -0.396 e. The van der Waals surface area contributed by atoms with Crippen molar-refractivity contribution in [3.8, 4) is 0 Å². The molecule has 0 spiro atoms. The molecule has 1 saturated carbocycles. The van der Waals surface area contributed by atoms with Gasteiger partial charge in [-0.25, -0.2) is 9.97 Å². The molecule has 0 atom stereocenters. The van der Waals surface area contributed by atoms with Gasteiger partial charge in [-0.3, -0.25) is 0 Å². The van der Waals surface area contributed by atoms with Crippen molar-refractivity contribution < 1.29 is 4.74 Å². The van der Waals surface area contributed by atoms with Crippen molar-refractivity contribution in [1.82, 2.24) is 9.97 Å². The zero-order chi connectivity index (χ0) is 12.3. The molecule has 1 aliphatic rings. The Morgan fingerprint density at radius 3 is 2.47 bits per heavy atom. The van der Waals surface area contributed by atoms with Crippen molar-refractivity contribution in [2.45, 2.75) is 45.1 Å². The highest BCUT2D eigenvalue weighted by Gasteiger charge is 2.39. The van der Waals surface area contributed by atoms with Crippen LogP contribution in [0.15, 0.2) is 12.4 Å². The third-order valence-corrected chi connectivity index (χ3v) is 3.58. The first kappa shape index (κ1) is 12.3. The summed E-state index contributed by atoms with van der Waals surface area (Å²) < 4.78 is 5.98. The van der Waals surface area contributed by atoms with Crippen LogP contribution in [-0.4, -0.2) is 16.6 Å². The van der Waals surface area contributed by atoms with E-state index in [1.807, 2.05) is 6.92 Å². The van der Waals surface area contributed by atoms with Crippen LogP contribution in [0.1, 0.15) is 45.4 Å². The number of anilines is 1. The Balaban J connectivity index is 2.24. The predicted octanol–water partition coefficient (Wildman–Crippen LogP) is 2.50. The van der Waals surface area contributed by atoms with Crippen molar-refractivity contribution in [3.05, 3.63) is 18.2 Å². The smallest absolute Gasteiger partial charge is 0.160 e. The largest absolute Gasteiger partial charge is 0.396 e. The van der Waals surface area contributed by atoms with Gasteiger partial charge in [-0.05, 0) is 38.5 Å². The molecule has 0 amide bonds. The molecule has 17 heavy (non-hydrogen) atoms. The Labute approximate surface area is 103 Å². The van der Waals surface area contributed by atoms with Gasteiger partial charge in [0.2, 0.25) is 0 Å². The highest BCUT2D eigenvalue weighted by Crippen LogP contribution is 2.40. The van der Waals surface area contributed by atoms with Crippen molar-refractivity contribution in [2.75, 3.05) is 12.3 Å². The quantitative estimate of drug-likeness (QED) is 0.874. The predicted molar refractivity (Wildman–Crippen MR) is 67.4 cm³/mol. The Morgan fingerprint density at radius 2 is 1.94 bits per heavy atom. The maximum atomic E-state index is 5.98. The van der Waals surface area contributed by atoms with Crippen LogP contribution in [0.25, 0.3) is 0 Å². The van der Waals surface area contributed by atoms with Crippen molar-refractivity contribution in [3.63, 3.8) is 0 Å². The molecule has 1 aliphatic carbocycles. The summed E-state index contributed by atoms with van der Waals surface area (Å²) in [7, 11) is 0. The lowest BCUT2D eigenvalue weighted by atomic mass is 9.79. The molecule has 1 aromatic heterocycles. The molecule has 0 unspecified atom stereocenters. The molecule has 0 bridgehead atoms. The van der Waals surface area contributed by atoms with Gasteiger partial charge < -0.3 is 10.5 Å². The van der Waals surface area contributed by atoms with Crippen LogP contribution in [0.3, 0.4) is 0 Å². The van der Waals surface area contributed by atoms with E-state index >= 15 is 0 Å². The maximum Gasteiger partial charge on any atom is 0.160 e. The fourth-order valence-electron chi connectivity index (χ4n) is 2.51. The van der Waals surface area contributed by atoms with Crippen LogP contribution < -0.4 is 5.73 Å². The first-order valence-corrected chi connectivity index (χ1v) is 6.38. The van der Waals surface area contributed by atoms with E-state index in [0.717, 1.165) is 24.6 Å². The van der Waals surface area contributed by atoms with E-state index < -0.39 is 0 Å². The fraction of sp³-hybridized carbons (Fsp3) is 0.692. The Morgan fingerprint density at radius 1 is 1.35 bits per heavy atom. The third kappa shape index (κ3) is 2.57. The van der Waals surface area contributed by atoms with Gasteiger partial charge in [-0.1, -0.05) is 6.92 Å². The van der Waals surface area contributed by atoms with Gasteiger partial charge in [0.15, 0.2) is 5.82 Å². The normalized spacial score (nSPS) is 29.2. The van der Waals surface area contributed by atoms with Gasteiger partial charge >= 0.3 is 0 Å². The van der Waals surface area contributed by atoms with Crippen LogP contribution >= 0.6 is 0 Å². The standard InChI is InChI=1S/C13H21N3O/c1-3-17-13(6-4-10(2)5-7-13)12-15-8-11(14)9-16-12/h8-10H,3-7,14H2,1-2H3. The summed E-state index contributed by atoms with van der Waals surface area (Å²) in [4.78, 5) is 8.71. The summed E-state index contributed by atoms with van der Waals surface area (Å²) in [6, 6.07) is 0. The van der Waals surface area contributed by atoms with E-state index in [-0.39, 0.29) is 5.60 Å². The van der Waals surface area contributed by atoms with Crippen molar-refractivity contribution >= 4 is 5.69 Å². The molecule has 2 rings (SSSR count). The molecular formula is C13H21N3O. The summed E-state index contributed by atoms with van der Waals surface area (Å²) in [5.41, 5.74) is 5.95. The van der Waals surface area contributed by atoms with E-state index in [2.05, 4.69) is 16.9 Å². The number of nitrogen functional groups attached to an aromatic ring is 1. The van der Waals surface area contributed by atoms with Crippen LogP contribution in [0.2, 0.25) is 0 Å². The highest BCUT2D eigenvalue weighted by molar-refractivity contribution is 5.30. The number of hydrogen-bond donors (Lipinski definition) is 1. The zero-order valence-corrected chi connectivity index (χ0v) is 10.6. The van der Waals surface area contributed by atoms with Gasteiger partial charge in [0.25, 0.3) is 0 Å². The van der Waals surface area contributed by atoms with E-state index in [0.29, 0.717) is 12.3 Å². The SMILES string of the molecule is CCOC1(c2ncc(N)cn2)CCC(C)CC1. The number of nitrogens with zero attached hydrogens (tertiary/aromatic N) is 2. The molecule has 0 aliphatic heterocycles. The van der Waals surface area contributed by atoms with Gasteiger partial charge in [0.05, 0.1) is 18.1 Å². The van der Waals surface area contributed by atoms with Crippen molar-refractivity contribution in [2.24, 2.45) is 5.92 Å². The Bertz CT molecular complexity index is 355. The topological polar surface area (TPSA) is 61.0 Å². The summed E-state index contributed by atoms with van der Waals surface area (Å²) in [6.45, 7) is 5.01. The highest BCUT2D eigenvalue weighted by atomic mass is 16.5. The average molecular weight is 235 g/mol. The lowest BCUT2D eigenvalue weighted by Crippen LogP contribution is -2.36. The van der Waals surface area contributed by atoms with Gasteiger partial charge in [-0.15, -0.1) is 0 Å². The van der Waals surface area contributed by atoms with Crippen LogP contribution in [0, 0.1) is 5.92 Å². The first-order valence-electron chi connectivity index (χ1n) is 6.38. The summed E-state index contributed by atoms with van der Waals surface area (Å²) in [5.74, 6) is 1.57. The molecule has 1 heterocycles. The number of rotatable bonds is 3. The average Bonchev–Trinajstić information content (AvgIpc) is 2.34. The van der Waals surface area contributed by atoms with Gasteiger partial charge in [0.1, 0.15) is 5.60 Å². The van der Waals surface area contributed by atoms with E-state index in [1.165, 1.54) is 12.8 Å². The van der Waals surface area contributed by atoms with Crippen LogP contribution in [0.5, 0.6) is 0 Å². The van der Waals surface area contributed by atoms with Crippen LogP contribution in [0.4, 0.5) is 5.69 Å². The van der Waals surface area contributed by atoms with E-state index in [9.17, 15) is 0 Å².